The van der Waals surface area contributed by atoms with Crippen LogP contribution in [0.3, 0.4) is 0 Å². The second kappa shape index (κ2) is 9.60. The molecule has 1 fully saturated rings. The molecule has 1 unspecified atom stereocenters. The first-order valence-electron chi connectivity index (χ1n) is 11.5. The Morgan fingerprint density at radius 3 is 2.61 bits per heavy atom. The lowest BCUT2D eigenvalue weighted by molar-refractivity contribution is -0.123. The Morgan fingerprint density at radius 2 is 1.88 bits per heavy atom. The van der Waals surface area contributed by atoms with Crippen molar-refractivity contribution in [2.45, 2.75) is 39.2 Å². The normalized spacial score (nSPS) is 17.3. The van der Waals surface area contributed by atoms with E-state index in [4.69, 9.17) is 0 Å². The average molecular weight is 453 g/mol. The second-order valence-electron chi connectivity index (χ2n) is 8.37. The summed E-state index contributed by atoms with van der Waals surface area (Å²) in [5.74, 6) is -1.14. The van der Waals surface area contributed by atoms with Crippen molar-refractivity contribution in [2.24, 2.45) is 0 Å². The molecule has 0 bridgehead atoms. The highest BCUT2D eigenvalue weighted by Gasteiger charge is 2.40. The fourth-order valence-corrected chi connectivity index (χ4v) is 4.66. The number of fused-ring (bicyclic) bond motifs is 3. The fourth-order valence-electron chi connectivity index (χ4n) is 4.66. The first-order chi connectivity index (χ1) is 15.9. The third kappa shape index (κ3) is 4.55. The third-order valence-electron chi connectivity index (χ3n) is 6.34. The van der Waals surface area contributed by atoms with Crippen LogP contribution < -0.4 is 15.1 Å². The molecular formula is C25H29FN4O3. The van der Waals surface area contributed by atoms with Crippen molar-refractivity contribution in [3.63, 3.8) is 0 Å². The van der Waals surface area contributed by atoms with Crippen LogP contribution in [0.2, 0.25) is 0 Å². The second-order valence-corrected chi connectivity index (χ2v) is 8.37. The fraction of sp³-hybridized carbons (Fsp3) is 0.400. The van der Waals surface area contributed by atoms with E-state index >= 15 is 0 Å². The van der Waals surface area contributed by atoms with Crippen molar-refractivity contribution in [1.29, 1.82) is 0 Å². The van der Waals surface area contributed by atoms with E-state index in [1.165, 1.54) is 23.1 Å². The highest BCUT2D eigenvalue weighted by molar-refractivity contribution is 6.11. The molecule has 7 nitrogen and oxygen atoms in total. The highest BCUT2D eigenvalue weighted by Crippen LogP contribution is 2.40. The predicted octanol–water partition coefficient (Wildman–Crippen LogP) is 3.65. The summed E-state index contributed by atoms with van der Waals surface area (Å²) in [6.45, 7) is 5.56. The Balaban J connectivity index is 1.67. The Bertz CT molecular complexity index is 1070. The van der Waals surface area contributed by atoms with Crippen LogP contribution in [0, 0.1) is 5.82 Å². The molecule has 1 N–H and O–H groups in total. The molecule has 1 saturated heterocycles. The summed E-state index contributed by atoms with van der Waals surface area (Å²) in [6, 6.07) is 10.7. The van der Waals surface area contributed by atoms with E-state index in [2.05, 4.69) is 10.2 Å². The molecule has 0 aromatic heterocycles. The Morgan fingerprint density at radius 1 is 1.09 bits per heavy atom. The van der Waals surface area contributed by atoms with Crippen LogP contribution in [0.5, 0.6) is 0 Å². The Labute approximate surface area is 193 Å². The molecule has 2 aromatic rings. The number of amides is 3. The summed E-state index contributed by atoms with van der Waals surface area (Å²) < 4.78 is 13.5. The van der Waals surface area contributed by atoms with Gasteiger partial charge in [-0.25, -0.2) is 4.39 Å². The zero-order valence-corrected chi connectivity index (χ0v) is 19.0. The van der Waals surface area contributed by atoms with Gasteiger partial charge in [0.1, 0.15) is 18.4 Å². The van der Waals surface area contributed by atoms with Crippen LogP contribution in [0.15, 0.2) is 42.5 Å². The number of anilines is 3. The van der Waals surface area contributed by atoms with Crippen LogP contribution in [0.1, 0.15) is 43.5 Å². The molecule has 1 atom stereocenters. The van der Waals surface area contributed by atoms with Crippen molar-refractivity contribution in [3.05, 3.63) is 53.8 Å². The summed E-state index contributed by atoms with van der Waals surface area (Å²) in [5, 5.41) is 2.67. The van der Waals surface area contributed by atoms with Gasteiger partial charge in [0.05, 0.1) is 11.4 Å². The molecular weight excluding hydrogens is 423 g/mol. The molecule has 2 aliphatic heterocycles. The van der Waals surface area contributed by atoms with Crippen LogP contribution in [-0.2, 0) is 9.59 Å². The van der Waals surface area contributed by atoms with E-state index in [0.717, 1.165) is 31.5 Å². The van der Waals surface area contributed by atoms with Crippen LogP contribution in [0.25, 0.3) is 0 Å². The van der Waals surface area contributed by atoms with Gasteiger partial charge >= 0.3 is 0 Å². The molecule has 2 heterocycles. The minimum absolute atomic E-state index is 0.111. The van der Waals surface area contributed by atoms with Crippen molar-refractivity contribution in [1.82, 2.24) is 4.90 Å². The highest BCUT2D eigenvalue weighted by atomic mass is 19.1. The van der Waals surface area contributed by atoms with Crippen molar-refractivity contribution in [2.75, 3.05) is 41.3 Å². The Hall–Kier alpha value is -3.42. The van der Waals surface area contributed by atoms with Gasteiger partial charge in [-0.15, -0.1) is 0 Å². The van der Waals surface area contributed by atoms with Crippen LogP contribution >= 0.6 is 0 Å². The van der Waals surface area contributed by atoms with E-state index in [1.54, 1.807) is 23.1 Å². The zero-order chi connectivity index (χ0) is 23.5. The number of piperidine rings is 1. The van der Waals surface area contributed by atoms with Gasteiger partial charge in [-0.1, -0.05) is 6.07 Å². The largest absolute Gasteiger partial charge is 0.358 e. The molecule has 2 aromatic carbocycles. The number of hydrogen-bond acceptors (Lipinski definition) is 4. The molecule has 0 radical (unpaired) electrons. The third-order valence-corrected chi connectivity index (χ3v) is 6.34. The summed E-state index contributed by atoms with van der Waals surface area (Å²) in [4.78, 5) is 44.5. The maximum atomic E-state index is 13.5. The van der Waals surface area contributed by atoms with E-state index in [9.17, 15) is 18.8 Å². The molecule has 0 spiro atoms. The number of hydrogen-bond donors (Lipinski definition) is 1. The number of benzene rings is 2. The van der Waals surface area contributed by atoms with E-state index < -0.39 is 11.7 Å². The monoisotopic (exact) mass is 452 g/mol. The van der Waals surface area contributed by atoms with Gasteiger partial charge in [-0.05, 0) is 69.5 Å². The summed E-state index contributed by atoms with van der Waals surface area (Å²) in [5.41, 5.74) is 2.23. The summed E-state index contributed by atoms with van der Waals surface area (Å²) >= 11 is 0. The molecule has 0 saturated carbocycles. The predicted molar refractivity (Wildman–Crippen MR) is 126 cm³/mol. The smallest absolute Gasteiger partial charge is 0.253 e. The number of carbonyl (C=O) groups excluding carboxylic acids is 3. The lowest BCUT2D eigenvalue weighted by atomic mass is 9.95. The molecule has 33 heavy (non-hydrogen) atoms. The minimum Gasteiger partial charge on any atom is -0.358 e. The van der Waals surface area contributed by atoms with Gasteiger partial charge in [-0.2, -0.15) is 0 Å². The number of halogens is 1. The minimum atomic E-state index is -0.454. The lowest BCUT2D eigenvalue weighted by Crippen LogP contribution is -2.56. The number of rotatable bonds is 6. The standard InChI is InChI=1S/C25H29FN4O3/c1-3-28(4-2)24(32)17-11-12-20-22(14-17)30(25(33)21-10-5-6-13-29(20)21)16-23(31)27-19-9-7-8-18(26)15-19/h7-9,11-12,14-15,21H,3-6,10,13,16H2,1-2H3,(H,27,31). The van der Waals surface area contributed by atoms with Crippen molar-refractivity contribution < 1.29 is 18.8 Å². The summed E-state index contributed by atoms with van der Waals surface area (Å²) in [7, 11) is 0. The van der Waals surface area contributed by atoms with Gasteiger partial charge in [0.2, 0.25) is 11.8 Å². The molecule has 8 heteroatoms. The maximum Gasteiger partial charge on any atom is 0.253 e. The van der Waals surface area contributed by atoms with Crippen LogP contribution in [-0.4, -0.2) is 54.8 Å². The van der Waals surface area contributed by atoms with E-state index in [1.807, 2.05) is 19.9 Å². The van der Waals surface area contributed by atoms with Gasteiger partial charge in [0, 0.05) is 30.9 Å². The number of nitrogens with zero attached hydrogens (tertiary/aromatic N) is 3. The average Bonchev–Trinajstić information content (AvgIpc) is 2.82. The topological polar surface area (TPSA) is 73.0 Å². The summed E-state index contributed by atoms with van der Waals surface area (Å²) in [6.07, 6.45) is 2.66. The maximum absolute atomic E-state index is 13.5. The van der Waals surface area contributed by atoms with Gasteiger partial charge in [0.15, 0.2) is 0 Å². The van der Waals surface area contributed by atoms with Crippen LogP contribution in [0.4, 0.5) is 21.5 Å². The quantitative estimate of drug-likeness (QED) is 0.726. The molecule has 3 amide bonds. The number of nitrogens with one attached hydrogen (secondary N) is 1. The van der Waals surface area contributed by atoms with E-state index in [-0.39, 0.29) is 24.4 Å². The molecule has 0 aliphatic carbocycles. The van der Waals surface area contributed by atoms with E-state index in [0.29, 0.717) is 30.0 Å². The zero-order valence-electron chi connectivity index (χ0n) is 19.0. The van der Waals surface area contributed by atoms with Gasteiger partial charge in [-0.3, -0.25) is 19.3 Å². The Kier molecular flexibility index (Phi) is 6.62. The first kappa shape index (κ1) is 22.8. The first-order valence-corrected chi connectivity index (χ1v) is 11.5. The van der Waals surface area contributed by atoms with Gasteiger partial charge in [0.25, 0.3) is 5.91 Å². The van der Waals surface area contributed by atoms with Crippen molar-refractivity contribution in [3.8, 4) is 0 Å². The van der Waals surface area contributed by atoms with Gasteiger partial charge < -0.3 is 15.1 Å². The lowest BCUT2D eigenvalue weighted by Gasteiger charge is -2.45. The number of carbonyl (C=O) groups is 3. The molecule has 174 valence electrons. The van der Waals surface area contributed by atoms with Crippen molar-refractivity contribution >= 4 is 34.8 Å². The molecule has 4 rings (SSSR count). The SMILES string of the molecule is CCN(CC)C(=O)c1ccc2c(c1)N(CC(=O)Nc1cccc(F)c1)C(=O)C1CCCCN21. The molecule has 2 aliphatic rings.